The Kier molecular flexibility index (Phi) is 55.8. The molecule has 0 aromatic rings. The van der Waals surface area contributed by atoms with Crippen LogP contribution in [0, 0.1) is 71.0 Å². The summed E-state index contributed by atoms with van der Waals surface area (Å²) in [6.07, 6.45) is 5.97. The first-order chi connectivity index (χ1) is 53.1. The second-order valence-electron chi connectivity index (χ2n) is 33.2. The van der Waals surface area contributed by atoms with Gasteiger partial charge in [0.1, 0.15) is 97.7 Å². The predicted octanol–water partition coefficient (Wildman–Crippen LogP) is 14.2. The van der Waals surface area contributed by atoms with Crippen molar-refractivity contribution in [3.8, 4) is 0 Å². The highest BCUT2D eigenvalue weighted by atomic mass is 16.7. The molecule has 24 heteroatoms. The molecule has 0 amide bonds. The third kappa shape index (κ3) is 30.9. The highest BCUT2D eigenvalue weighted by Gasteiger charge is 2.50. The summed E-state index contributed by atoms with van der Waals surface area (Å²) in [5.41, 5.74) is 0. The number of hydrogen-bond donors (Lipinski definition) is 0. The molecule has 8 heterocycles. The monoisotopic (exact) mass is 1620 g/mol. The van der Waals surface area contributed by atoms with E-state index in [1.54, 1.807) is 114 Å². The molecule has 8 saturated heterocycles. The van der Waals surface area contributed by atoms with Crippen molar-refractivity contribution in [2.75, 3.05) is 140 Å². The number of methoxy groups -OCH3 is 16. The Bertz CT molecular complexity index is 1960. The summed E-state index contributed by atoms with van der Waals surface area (Å²) in [6.45, 7) is 55.4. The fourth-order valence-electron chi connectivity index (χ4n) is 18.0. The van der Waals surface area contributed by atoms with Gasteiger partial charge in [-0.1, -0.05) is 111 Å². The van der Waals surface area contributed by atoms with Gasteiger partial charge < -0.3 is 114 Å². The summed E-state index contributed by atoms with van der Waals surface area (Å²) >= 11 is 0. The minimum absolute atomic E-state index is 0.0403. The van der Waals surface area contributed by atoms with E-state index in [0.29, 0.717) is 98.9 Å². The molecule has 672 valence electrons. The first-order valence-corrected chi connectivity index (χ1v) is 42.6. The van der Waals surface area contributed by atoms with Crippen LogP contribution < -0.4 is 0 Å². The van der Waals surface area contributed by atoms with E-state index in [-0.39, 0.29) is 122 Å². The normalized spacial score (nSPS) is 43.9. The summed E-state index contributed by atoms with van der Waals surface area (Å²) in [6, 6.07) is 0. The molecule has 8 aliphatic heterocycles. The minimum atomic E-state index is -0.175. The molecule has 0 bridgehead atoms. The fraction of sp³-hybridized carbons (Fsp3) is 1.00. The predicted molar refractivity (Wildman–Crippen MR) is 443 cm³/mol. The van der Waals surface area contributed by atoms with Crippen LogP contribution in [0.4, 0.5) is 0 Å². The Morgan fingerprint density at radius 1 is 0.152 bits per heavy atom. The van der Waals surface area contributed by atoms with Gasteiger partial charge in [-0.15, -0.1) is 0 Å². The third-order valence-corrected chi connectivity index (χ3v) is 27.2. The first kappa shape index (κ1) is 109. The SMILES string of the molecule is CC[C@@H]1O[C@@H](C)[C@@H](C)[C@H](C)[C@H]1C.CC[C@@H]1O[C@H](C)[C@@H](C)[C@H](C)[C@H]1C.CC[C@@H]1O[C@H](C)[C@H](C)[C@H](C)[C@H]1C.CC[C@H]1O[C@@H](C)[C@H](C)[C@@H](C)[C@@H]1C.COC[C@@H]1O[C@@H](C)C(OC)C(OC)C1OC.COC[C@@H]1O[C@H](C)C(OC)C(OC)C1OC.COC[C@@H]1O[C@H](C)C(OC)C(OC)C1OC.COC[C@H]1O[C@@H](C)C(OC)C(OC)C1OC. The maximum absolute atomic E-state index is 5.93. The van der Waals surface area contributed by atoms with Gasteiger partial charge in [0.25, 0.3) is 0 Å². The summed E-state index contributed by atoms with van der Waals surface area (Å²) in [4.78, 5) is 0. The number of hydrogen-bond acceptors (Lipinski definition) is 24. The van der Waals surface area contributed by atoms with Crippen LogP contribution in [-0.4, -0.2) is 311 Å². The maximum Gasteiger partial charge on any atom is 0.114 e. The van der Waals surface area contributed by atoms with Gasteiger partial charge in [-0.05, 0) is 152 Å². The van der Waals surface area contributed by atoms with Gasteiger partial charge in [-0.25, -0.2) is 0 Å². The molecule has 0 saturated carbocycles. The zero-order valence-corrected chi connectivity index (χ0v) is 78.5. The van der Waals surface area contributed by atoms with E-state index >= 15 is 0 Å². The number of rotatable bonds is 24. The third-order valence-electron chi connectivity index (χ3n) is 27.2. The van der Waals surface area contributed by atoms with Gasteiger partial charge in [-0.2, -0.15) is 0 Å². The molecule has 0 aliphatic carbocycles. The average molecular weight is 1620 g/mol. The van der Waals surface area contributed by atoms with Crippen LogP contribution in [0.3, 0.4) is 0 Å². The molecule has 8 aliphatic rings. The van der Waals surface area contributed by atoms with Crippen molar-refractivity contribution in [2.45, 2.75) is 363 Å². The van der Waals surface area contributed by atoms with E-state index < -0.39 is 0 Å². The molecule has 8 fully saturated rings. The Hall–Kier alpha value is -0.960. The molecular weight excluding hydrogens is 1440 g/mol. The highest BCUT2D eigenvalue weighted by Crippen LogP contribution is 2.40. The molecule has 8 rings (SSSR count). The molecule has 0 spiro atoms. The topological polar surface area (TPSA) is 222 Å². The van der Waals surface area contributed by atoms with Crippen LogP contribution in [0.15, 0.2) is 0 Å². The van der Waals surface area contributed by atoms with Crippen LogP contribution in [0.25, 0.3) is 0 Å². The zero-order chi connectivity index (χ0) is 85.7. The highest BCUT2D eigenvalue weighted by molar-refractivity contribution is 4.98. The van der Waals surface area contributed by atoms with Crippen molar-refractivity contribution < 1.29 is 114 Å². The molecule has 0 N–H and O–H groups in total. The summed E-state index contributed by atoms with van der Waals surface area (Å²) in [5.74, 6) is 8.95. The van der Waals surface area contributed by atoms with Gasteiger partial charge in [0, 0.05) is 114 Å². The van der Waals surface area contributed by atoms with Gasteiger partial charge in [0.15, 0.2) is 0 Å². The zero-order valence-electron chi connectivity index (χ0n) is 78.5. The van der Waals surface area contributed by atoms with Gasteiger partial charge in [-0.3, -0.25) is 0 Å². The lowest BCUT2D eigenvalue weighted by Gasteiger charge is -2.43. The Balaban J connectivity index is 0.000000642. The van der Waals surface area contributed by atoms with Gasteiger partial charge in [0.05, 0.1) is 99.7 Å². The molecule has 24 nitrogen and oxygen atoms in total. The van der Waals surface area contributed by atoms with Crippen molar-refractivity contribution in [1.82, 2.24) is 0 Å². The lowest BCUT2D eigenvalue weighted by atomic mass is 9.76. The quantitative estimate of drug-likeness (QED) is 0.0876. The molecule has 0 aromatic heterocycles. The largest absolute Gasteiger partial charge is 0.382 e. The van der Waals surface area contributed by atoms with Crippen LogP contribution >= 0.6 is 0 Å². The summed E-state index contributed by atoms with van der Waals surface area (Å²) in [7, 11) is 26.4. The number of ether oxygens (including phenoxy) is 24. The van der Waals surface area contributed by atoms with Crippen molar-refractivity contribution in [2.24, 2.45) is 71.0 Å². The Morgan fingerprint density at radius 3 is 0.402 bits per heavy atom. The molecule has 112 heavy (non-hydrogen) atoms. The van der Waals surface area contributed by atoms with E-state index in [9.17, 15) is 0 Å². The standard InChI is InChI=1S/4C11H22O5.4C11H22O/c4*1-7-9(13-3)11(15-5)10(14-4)8(16-7)6-12-2;4*1-6-11-9(4)7(2)8(3)10(5)12-11/h4*7-11H,6H2,1-5H3;4*7-11H,6H2,1-5H3/t3*7-,8+,9?,10?,11?;7-,8-,9?,10?,11?;7-,8+,9+,10+,11-;2*7-,8-,9+,10+,11-;7-,8-,9+,10-,11-/m11000100/s1. The van der Waals surface area contributed by atoms with Gasteiger partial charge in [0.2, 0.25) is 0 Å². The first-order valence-electron chi connectivity index (χ1n) is 42.6. The van der Waals surface area contributed by atoms with Crippen molar-refractivity contribution >= 4 is 0 Å². The minimum Gasteiger partial charge on any atom is -0.382 e. The van der Waals surface area contributed by atoms with E-state index in [4.69, 9.17) is 114 Å². The van der Waals surface area contributed by atoms with Crippen LogP contribution in [0.5, 0.6) is 0 Å². The molecular formula is C88H176O24. The average Bonchev–Trinajstić information content (AvgIpc) is 0.810. The van der Waals surface area contributed by atoms with Crippen LogP contribution in [-0.2, 0) is 114 Å². The fourth-order valence-corrected chi connectivity index (χ4v) is 18.0. The van der Waals surface area contributed by atoms with Crippen molar-refractivity contribution in [1.29, 1.82) is 0 Å². The van der Waals surface area contributed by atoms with Crippen LogP contribution in [0.2, 0.25) is 0 Å². The summed E-state index contributed by atoms with van der Waals surface area (Å²) < 4.78 is 133. The van der Waals surface area contributed by atoms with Gasteiger partial charge >= 0.3 is 0 Å². The van der Waals surface area contributed by atoms with E-state index in [1.165, 1.54) is 0 Å². The van der Waals surface area contributed by atoms with Crippen molar-refractivity contribution in [3.05, 3.63) is 0 Å². The van der Waals surface area contributed by atoms with Crippen molar-refractivity contribution in [3.63, 3.8) is 0 Å². The lowest BCUT2D eigenvalue weighted by Crippen LogP contribution is -2.59. The lowest BCUT2D eigenvalue weighted by molar-refractivity contribution is -0.245. The second kappa shape index (κ2) is 57.4. The van der Waals surface area contributed by atoms with E-state index in [0.717, 1.165) is 73.0 Å². The molecule has 0 radical (unpaired) electrons. The van der Waals surface area contributed by atoms with E-state index in [1.807, 2.05) is 27.7 Å². The Labute approximate surface area is 684 Å². The van der Waals surface area contributed by atoms with E-state index in [2.05, 4.69) is 138 Å². The molecule has 12 unspecified atom stereocenters. The smallest absolute Gasteiger partial charge is 0.114 e. The molecule has 40 atom stereocenters. The summed E-state index contributed by atoms with van der Waals surface area (Å²) in [5, 5.41) is 0. The van der Waals surface area contributed by atoms with Crippen LogP contribution in [0.1, 0.15) is 192 Å². The maximum atomic E-state index is 5.93. The Morgan fingerprint density at radius 2 is 0.286 bits per heavy atom. The second-order valence-corrected chi connectivity index (χ2v) is 33.2. The molecule has 0 aromatic carbocycles.